The van der Waals surface area contributed by atoms with Gasteiger partial charge in [-0.3, -0.25) is 4.79 Å². The standard InChI is InChI=1S/C12H15BrO4/c1-12(11(16)17)6-8(3-2-4-13)5-9(7-12)10(14)15/h3,5H,2,4,6-7H2,1H3,(H,14,15)(H,16,17). The van der Waals surface area contributed by atoms with Crippen molar-refractivity contribution >= 4 is 27.9 Å². The van der Waals surface area contributed by atoms with Gasteiger partial charge < -0.3 is 10.2 Å². The minimum atomic E-state index is -1.04. The summed E-state index contributed by atoms with van der Waals surface area (Å²) < 4.78 is 0. The molecule has 0 aromatic carbocycles. The number of alkyl halides is 1. The number of allylic oxidation sites excluding steroid dienone is 3. The highest BCUT2D eigenvalue weighted by molar-refractivity contribution is 9.09. The van der Waals surface area contributed by atoms with Crippen LogP contribution in [-0.2, 0) is 9.59 Å². The van der Waals surface area contributed by atoms with Crippen molar-refractivity contribution in [3.8, 4) is 0 Å². The molecule has 0 aromatic heterocycles. The number of hydrogen-bond acceptors (Lipinski definition) is 2. The molecule has 5 heteroatoms. The molecule has 0 amide bonds. The Balaban J connectivity index is 3.05. The predicted octanol–water partition coefficient (Wildman–Crippen LogP) is 2.59. The summed E-state index contributed by atoms with van der Waals surface area (Å²) in [7, 11) is 0. The first-order chi connectivity index (χ1) is 7.89. The van der Waals surface area contributed by atoms with Gasteiger partial charge in [0.25, 0.3) is 0 Å². The van der Waals surface area contributed by atoms with Gasteiger partial charge in [0.05, 0.1) is 5.41 Å². The zero-order valence-corrected chi connectivity index (χ0v) is 11.2. The summed E-state index contributed by atoms with van der Waals surface area (Å²) in [6, 6.07) is 0. The van der Waals surface area contributed by atoms with Crippen LogP contribution in [0.25, 0.3) is 0 Å². The fraction of sp³-hybridized carbons (Fsp3) is 0.500. The van der Waals surface area contributed by atoms with Crippen LogP contribution in [0, 0.1) is 5.41 Å². The van der Waals surface area contributed by atoms with Crippen LogP contribution in [0.3, 0.4) is 0 Å². The molecule has 0 heterocycles. The van der Waals surface area contributed by atoms with Gasteiger partial charge in [-0.2, -0.15) is 0 Å². The smallest absolute Gasteiger partial charge is 0.331 e. The highest BCUT2D eigenvalue weighted by atomic mass is 79.9. The molecule has 0 fully saturated rings. The van der Waals surface area contributed by atoms with Crippen LogP contribution < -0.4 is 0 Å². The summed E-state index contributed by atoms with van der Waals surface area (Å²) in [5, 5.41) is 19.0. The summed E-state index contributed by atoms with van der Waals surface area (Å²) in [5.74, 6) is -1.99. The number of aliphatic carboxylic acids is 2. The van der Waals surface area contributed by atoms with Crippen molar-refractivity contribution < 1.29 is 19.8 Å². The van der Waals surface area contributed by atoms with Crippen LogP contribution in [0.5, 0.6) is 0 Å². The van der Waals surface area contributed by atoms with Gasteiger partial charge in [0.15, 0.2) is 0 Å². The molecule has 0 spiro atoms. The maximum Gasteiger partial charge on any atom is 0.331 e. The maximum atomic E-state index is 11.2. The molecule has 0 radical (unpaired) electrons. The molecule has 1 atom stereocenters. The molecule has 17 heavy (non-hydrogen) atoms. The van der Waals surface area contributed by atoms with Gasteiger partial charge >= 0.3 is 11.9 Å². The second kappa shape index (κ2) is 5.49. The fourth-order valence-corrected chi connectivity index (χ4v) is 2.15. The second-order valence-electron chi connectivity index (χ2n) is 4.45. The lowest BCUT2D eigenvalue weighted by Crippen LogP contribution is -2.32. The summed E-state index contributed by atoms with van der Waals surface area (Å²) in [6.07, 6.45) is 4.69. The quantitative estimate of drug-likeness (QED) is 0.783. The summed E-state index contributed by atoms with van der Waals surface area (Å²) in [4.78, 5) is 22.2. The van der Waals surface area contributed by atoms with Crippen molar-refractivity contribution in [2.45, 2.75) is 26.2 Å². The van der Waals surface area contributed by atoms with Crippen LogP contribution in [0.1, 0.15) is 26.2 Å². The lowest BCUT2D eigenvalue weighted by Gasteiger charge is -2.29. The molecule has 0 saturated heterocycles. The average molecular weight is 303 g/mol. The molecular formula is C12H15BrO4. The van der Waals surface area contributed by atoms with Crippen LogP contribution in [0.2, 0.25) is 0 Å². The first kappa shape index (κ1) is 14.0. The molecule has 1 unspecified atom stereocenters. The van der Waals surface area contributed by atoms with Crippen LogP contribution in [-0.4, -0.2) is 27.5 Å². The number of rotatable bonds is 4. The first-order valence-corrected chi connectivity index (χ1v) is 6.43. The van der Waals surface area contributed by atoms with Crippen molar-refractivity contribution in [3.05, 3.63) is 23.3 Å². The van der Waals surface area contributed by atoms with Crippen molar-refractivity contribution in [2.24, 2.45) is 5.41 Å². The molecule has 2 N–H and O–H groups in total. The Labute approximate surface area is 108 Å². The van der Waals surface area contributed by atoms with E-state index in [-0.39, 0.29) is 12.0 Å². The third-order valence-electron chi connectivity index (χ3n) is 2.84. The summed E-state index contributed by atoms with van der Waals surface area (Å²) in [6.45, 7) is 1.59. The number of halogens is 1. The minimum Gasteiger partial charge on any atom is -0.481 e. The highest BCUT2D eigenvalue weighted by Gasteiger charge is 2.38. The summed E-state index contributed by atoms with van der Waals surface area (Å²) in [5.41, 5.74) is -0.0550. The van der Waals surface area contributed by atoms with Crippen molar-refractivity contribution in [2.75, 3.05) is 5.33 Å². The third kappa shape index (κ3) is 3.43. The average Bonchev–Trinajstić information content (AvgIpc) is 2.25. The molecule has 0 saturated carbocycles. The van der Waals surface area contributed by atoms with Gasteiger partial charge in [0.1, 0.15) is 0 Å². The zero-order chi connectivity index (χ0) is 13.1. The Morgan fingerprint density at radius 3 is 2.59 bits per heavy atom. The molecule has 1 rings (SSSR count). The van der Waals surface area contributed by atoms with E-state index in [1.165, 1.54) is 0 Å². The Morgan fingerprint density at radius 2 is 2.12 bits per heavy atom. The molecule has 0 bridgehead atoms. The second-order valence-corrected chi connectivity index (χ2v) is 5.24. The monoisotopic (exact) mass is 302 g/mol. The fourth-order valence-electron chi connectivity index (χ4n) is 1.92. The van der Waals surface area contributed by atoms with Gasteiger partial charge in [0, 0.05) is 10.9 Å². The lowest BCUT2D eigenvalue weighted by atomic mass is 9.73. The molecule has 1 aliphatic rings. The van der Waals surface area contributed by atoms with Crippen molar-refractivity contribution in [1.29, 1.82) is 0 Å². The molecule has 0 aliphatic heterocycles. The van der Waals surface area contributed by atoms with Crippen LogP contribution in [0.15, 0.2) is 23.3 Å². The number of carbonyl (C=O) groups is 2. The van der Waals surface area contributed by atoms with Crippen LogP contribution >= 0.6 is 15.9 Å². The topological polar surface area (TPSA) is 74.6 Å². The van der Waals surface area contributed by atoms with E-state index < -0.39 is 17.4 Å². The van der Waals surface area contributed by atoms with E-state index in [0.29, 0.717) is 6.42 Å². The Bertz CT molecular complexity index is 397. The van der Waals surface area contributed by atoms with E-state index in [0.717, 1.165) is 17.3 Å². The SMILES string of the molecule is CC1(C(=O)O)CC(=CCCBr)C=C(C(=O)O)C1. The predicted molar refractivity (Wildman–Crippen MR) is 67.2 cm³/mol. The van der Waals surface area contributed by atoms with E-state index in [9.17, 15) is 14.7 Å². The van der Waals surface area contributed by atoms with Crippen LogP contribution in [0.4, 0.5) is 0 Å². The minimum absolute atomic E-state index is 0.0727. The first-order valence-electron chi connectivity index (χ1n) is 5.31. The normalized spacial score (nSPS) is 26.7. The molecule has 0 aromatic rings. The van der Waals surface area contributed by atoms with E-state index in [2.05, 4.69) is 15.9 Å². The van der Waals surface area contributed by atoms with E-state index in [4.69, 9.17) is 5.11 Å². The zero-order valence-electron chi connectivity index (χ0n) is 9.57. The Hall–Kier alpha value is -1.10. The van der Waals surface area contributed by atoms with Crippen molar-refractivity contribution in [3.63, 3.8) is 0 Å². The van der Waals surface area contributed by atoms with Gasteiger partial charge in [-0.1, -0.05) is 27.6 Å². The Morgan fingerprint density at radius 1 is 1.47 bits per heavy atom. The van der Waals surface area contributed by atoms with Crippen molar-refractivity contribution in [1.82, 2.24) is 0 Å². The largest absolute Gasteiger partial charge is 0.481 e. The van der Waals surface area contributed by atoms with E-state index in [1.807, 2.05) is 6.08 Å². The van der Waals surface area contributed by atoms with Gasteiger partial charge in [0.2, 0.25) is 0 Å². The Kier molecular flexibility index (Phi) is 4.51. The number of carboxylic acids is 2. The van der Waals surface area contributed by atoms with Gasteiger partial charge in [-0.05, 0) is 32.3 Å². The summed E-state index contributed by atoms with van der Waals surface area (Å²) >= 11 is 3.28. The maximum absolute atomic E-state index is 11.2. The molecule has 1 aliphatic carbocycles. The van der Waals surface area contributed by atoms with Gasteiger partial charge in [-0.15, -0.1) is 0 Å². The molecule has 4 nitrogen and oxygen atoms in total. The highest BCUT2D eigenvalue weighted by Crippen LogP contribution is 2.38. The number of carboxylic acid groups (broad SMARTS) is 2. The molecular weight excluding hydrogens is 288 g/mol. The van der Waals surface area contributed by atoms with E-state index in [1.54, 1.807) is 13.0 Å². The van der Waals surface area contributed by atoms with Gasteiger partial charge in [-0.25, -0.2) is 4.79 Å². The third-order valence-corrected chi connectivity index (χ3v) is 3.30. The lowest BCUT2D eigenvalue weighted by molar-refractivity contribution is -0.148. The molecule has 94 valence electrons. The van der Waals surface area contributed by atoms with E-state index >= 15 is 0 Å². The number of hydrogen-bond donors (Lipinski definition) is 2.